The third kappa shape index (κ3) is 2.72. The van der Waals surface area contributed by atoms with E-state index >= 15 is 0 Å². The van der Waals surface area contributed by atoms with E-state index in [1.54, 1.807) is 0 Å². The molecule has 0 spiro atoms. The van der Waals surface area contributed by atoms with Gasteiger partial charge in [-0.2, -0.15) is 0 Å². The second-order valence-electron chi connectivity index (χ2n) is 5.00. The summed E-state index contributed by atoms with van der Waals surface area (Å²) in [6, 6.07) is 0.578. The molecule has 5 nitrogen and oxygen atoms in total. The highest BCUT2D eigenvalue weighted by Gasteiger charge is 2.36. The number of hydrogen-bond donors (Lipinski definition) is 3. The molecule has 1 saturated carbocycles. The Morgan fingerprint density at radius 1 is 1.28 bits per heavy atom. The van der Waals surface area contributed by atoms with Crippen LogP contribution in [-0.4, -0.2) is 16.0 Å². The molecule has 2 rings (SSSR count). The van der Waals surface area contributed by atoms with Crippen molar-refractivity contribution in [3.8, 4) is 0 Å². The summed E-state index contributed by atoms with van der Waals surface area (Å²) in [4.78, 5) is 8.92. The van der Waals surface area contributed by atoms with Crippen LogP contribution in [0, 0.1) is 12.8 Å². The predicted molar refractivity (Wildman–Crippen MR) is 74.4 cm³/mol. The van der Waals surface area contributed by atoms with Gasteiger partial charge in [-0.3, -0.25) is 0 Å². The largest absolute Gasteiger partial charge is 0.367 e. The third-order valence-electron chi connectivity index (χ3n) is 3.55. The van der Waals surface area contributed by atoms with Crippen molar-refractivity contribution >= 4 is 11.6 Å². The molecule has 5 heteroatoms. The fourth-order valence-corrected chi connectivity index (χ4v) is 2.29. The van der Waals surface area contributed by atoms with E-state index in [0.29, 0.717) is 6.04 Å². The quantitative estimate of drug-likeness (QED) is 0.532. The Balaban J connectivity index is 2.12. The molecule has 0 bridgehead atoms. The van der Waals surface area contributed by atoms with Crippen LogP contribution in [0.2, 0.25) is 0 Å². The van der Waals surface area contributed by atoms with Crippen LogP contribution in [0.4, 0.5) is 11.6 Å². The number of aromatic nitrogens is 2. The molecule has 18 heavy (non-hydrogen) atoms. The summed E-state index contributed by atoms with van der Waals surface area (Å²) in [6.07, 6.45) is 4.61. The average molecular weight is 249 g/mol. The van der Waals surface area contributed by atoms with Gasteiger partial charge in [-0.05, 0) is 25.7 Å². The first-order chi connectivity index (χ1) is 8.69. The monoisotopic (exact) mass is 249 g/mol. The van der Waals surface area contributed by atoms with Gasteiger partial charge in [0.15, 0.2) is 0 Å². The lowest BCUT2D eigenvalue weighted by atomic mass is 10.2. The van der Waals surface area contributed by atoms with E-state index < -0.39 is 0 Å². The van der Waals surface area contributed by atoms with Gasteiger partial charge in [0, 0.05) is 18.0 Å². The smallest absolute Gasteiger partial charge is 0.148 e. The first-order valence-corrected chi connectivity index (χ1v) is 6.80. The summed E-state index contributed by atoms with van der Waals surface area (Å²) in [6.45, 7) is 6.27. The fourth-order valence-electron chi connectivity index (χ4n) is 2.29. The van der Waals surface area contributed by atoms with Crippen LogP contribution in [-0.2, 0) is 6.42 Å². The van der Waals surface area contributed by atoms with Gasteiger partial charge in [-0.25, -0.2) is 15.8 Å². The number of nitrogens with two attached hydrogens (primary N) is 1. The maximum Gasteiger partial charge on any atom is 0.148 e. The number of nitrogens with one attached hydrogen (secondary N) is 2. The third-order valence-corrected chi connectivity index (χ3v) is 3.55. The standard InChI is InChI=1S/C13H23N5/c1-4-6-9-7-10(9)15-12-8(3)13(18-14)17-11(5-2)16-12/h9-10H,4-7,14H2,1-3H3,(H2,15,16,17,18). The zero-order valence-electron chi connectivity index (χ0n) is 11.5. The van der Waals surface area contributed by atoms with E-state index in [-0.39, 0.29) is 0 Å². The summed E-state index contributed by atoms with van der Waals surface area (Å²) in [5.74, 6) is 8.78. The van der Waals surface area contributed by atoms with Gasteiger partial charge in [-0.1, -0.05) is 20.3 Å². The summed E-state index contributed by atoms with van der Waals surface area (Å²) < 4.78 is 0. The molecule has 1 aromatic rings. The zero-order valence-corrected chi connectivity index (χ0v) is 11.5. The van der Waals surface area contributed by atoms with Crippen molar-refractivity contribution in [3.63, 3.8) is 0 Å². The van der Waals surface area contributed by atoms with Crippen LogP contribution >= 0.6 is 0 Å². The second kappa shape index (κ2) is 5.52. The van der Waals surface area contributed by atoms with E-state index in [2.05, 4.69) is 27.6 Å². The number of nitrogen functional groups attached to an aromatic ring is 1. The molecule has 1 aliphatic rings. The summed E-state index contributed by atoms with van der Waals surface area (Å²) in [7, 11) is 0. The zero-order chi connectivity index (χ0) is 13.1. The minimum atomic E-state index is 0.578. The minimum Gasteiger partial charge on any atom is -0.367 e. The lowest BCUT2D eigenvalue weighted by Crippen LogP contribution is -2.16. The molecule has 0 amide bonds. The van der Waals surface area contributed by atoms with Crippen molar-refractivity contribution in [2.75, 3.05) is 10.7 Å². The minimum absolute atomic E-state index is 0.578. The average Bonchev–Trinajstić information content (AvgIpc) is 3.10. The van der Waals surface area contributed by atoms with Gasteiger partial charge >= 0.3 is 0 Å². The molecule has 0 aliphatic heterocycles. The normalized spacial score (nSPS) is 21.8. The Kier molecular flexibility index (Phi) is 4.01. The molecule has 2 atom stereocenters. The molecule has 4 N–H and O–H groups in total. The molecule has 0 radical (unpaired) electrons. The first kappa shape index (κ1) is 13.1. The fraction of sp³-hybridized carbons (Fsp3) is 0.692. The van der Waals surface area contributed by atoms with Crippen LogP contribution in [0.3, 0.4) is 0 Å². The van der Waals surface area contributed by atoms with Crippen molar-refractivity contribution in [3.05, 3.63) is 11.4 Å². The van der Waals surface area contributed by atoms with Crippen LogP contribution < -0.4 is 16.6 Å². The SMILES string of the molecule is CCCC1CC1Nc1nc(CC)nc(NN)c1C. The van der Waals surface area contributed by atoms with Crippen LogP contribution in [0.15, 0.2) is 0 Å². The molecule has 0 saturated heterocycles. The van der Waals surface area contributed by atoms with E-state index in [1.807, 2.05) is 13.8 Å². The van der Waals surface area contributed by atoms with Crippen molar-refractivity contribution < 1.29 is 0 Å². The van der Waals surface area contributed by atoms with E-state index in [9.17, 15) is 0 Å². The highest BCUT2D eigenvalue weighted by Crippen LogP contribution is 2.37. The highest BCUT2D eigenvalue weighted by molar-refractivity contribution is 5.57. The predicted octanol–water partition coefficient (Wildman–Crippen LogP) is 2.23. The molecule has 0 aromatic carbocycles. The molecular formula is C13H23N5. The van der Waals surface area contributed by atoms with Crippen molar-refractivity contribution in [2.45, 2.75) is 52.5 Å². The Labute approximate surface area is 109 Å². The Morgan fingerprint density at radius 3 is 2.61 bits per heavy atom. The molecule has 1 aliphatic carbocycles. The topological polar surface area (TPSA) is 75.9 Å². The van der Waals surface area contributed by atoms with Crippen LogP contribution in [0.5, 0.6) is 0 Å². The Bertz CT molecular complexity index is 418. The Hall–Kier alpha value is -1.36. The first-order valence-electron chi connectivity index (χ1n) is 6.80. The maximum absolute atomic E-state index is 5.50. The van der Waals surface area contributed by atoms with E-state index in [4.69, 9.17) is 5.84 Å². The van der Waals surface area contributed by atoms with Gasteiger partial charge in [0.1, 0.15) is 17.5 Å². The lowest BCUT2D eigenvalue weighted by molar-refractivity contribution is 0.691. The Morgan fingerprint density at radius 2 is 2.00 bits per heavy atom. The van der Waals surface area contributed by atoms with Crippen molar-refractivity contribution in [1.82, 2.24) is 9.97 Å². The van der Waals surface area contributed by atoms with Crippen LogP contribution in [0.25, 0.3) is 0 Å². The summed E-state index contributed by atoms with van der Waals surface area (Å²) >= 11 is 0. The van der Waals surface area contributed by atoms with E-state index in [1.165, 1.54) is 19.3 Å². The number of hydrazine groups is 1. The number of aryl methyl sites for hydroxylation is 1. The maximum atomic E-state index is 5.50. The number of hydrogen-bond acceptors (Lipinski definition) is 5. The number of rotatable bonds is 6. The van der Waals surface area contributed by atoms with Crippen molar-refractivity contribution in [1.29, 1.82) is 0 Å². The molecular weight excluding hydrogens is 226 g/mol. The van der Waals surface area contributed by atoms with Gasteiger partial charge in [-0.15, -0.1) is 0 Å². The number of anilines is 2. The van der Waals surface area contributed by atoms with Gasteiger partial charge in [0.25, 0.3) is 0 Å². The summed E-state index contributed by atoms with van der Waals surface area (Å²) in [5, 5.41) is 3.52. The molecule has 100 valence electrons. The number of nitrogens with zero attached hydrogens (tertiary/aromatic N) is 2. The van der Waals surface area contributed by atoms with Gasteiger partial charge < -0.3 is 10.7 Å². The summed E-state index contributed by atoms with van der Waals surface area (Å²) in [5.41, 5.74) is 3.65. The molecule has 1 heterocycles. The highest BCUT2D eigenvalue weighted by atomic mass is 15.3. The van der Waals surface area contributed by atoms with Crippen LogP contribution in [0.1, 0.15) is 44.5 Å². The van der Waals surface area contributed by atoms with Crippen molar-refractivity contribution in [2.24, 2.45) is 11.8 Å². The molecule has 1 aromatic heterocycles. The van der Waals surface area contributed by atoms with Gasteiger partial charge in [0.2, 0.25) is 0 Å². The lowest BCUT2D eigenvalue weighted by Gasteiger charge is -2.13. The molecule has 2 unspecified atom stereocenters. The van der Waals surface area contributed by atoms with E-state index in [0.717, 1.165) is 35.4 Å². The molecule has 1 fully saturated rings. The second-order valence-corrected chi connectivity index (χ2v) is 5.00. The van der Waals surface area contributed by atoms with Gasteiger partial charge in [0.05, 0.1) is 0 Å².